The van der Waals surface area contributed by atoms with Gasteiger partial charge >= 0.3 is 5.97 Å². The van der Waals surface area contributed by atoms with Gasteiger partial charge in [0.25, 0.3) is 11.7 Å². The molecule has 2 heterocycles. The van der Waals surface area contributed by atoms with Crippen LogP contribution in [0.2, 0.25) is 0 Å². The first-order chi connectivity index (χ1) is 13.8. The van der Waals surface area contributed by atoms with E-state index < -0.39 is 5.97 Å². The Bertz CT molecular complexity index is 1050. The Morgan fingerprint density at radius 1 is 1.21 bits per heavy atom. The Morgan fingerprint density at radius 2 is 1.97 bits per heavy atom. The van der Waals surface area contributed by atoms with Crippen LogP contribution >= 0.6 is 11.8 Å². The number of nitrogens with one attached hydrogen (secondary N) is 1. The third-order valence-corrected chi connectivity index (χ3v) is 4.86. The number of rotatable bonds is 7. The molecule has 9 heteroatoms. The molecule has 2 aromatic heterocycles. The smallest absolute Gasteiger partial charge is 0.325 e. The van der Waals surface area contributed by atoms with Crippen molar-refractivity contribution in [3.63, 3.8) is 0 Å². The van der Waals surface area contributed by atoms with E-state index in [1.54, 1.807) is 30.5 Å². The number of carbonyl (C=O) groups is 2. The van der Waals surface area contributed by atoms with Crippen LogP contribution in [0.4, 0.5) is 0 Å². The molecule has 1 aromatic carbocycles. The summed E-state index contributed by atoms with van der Waals surface area (Å²) in [4.78, 5) is 33.0. The van der Waals surface area contributed by atoms with Crippen molar-refractivity contribution in [1.29, 1.82) is 0 Å². The minimum Gasteiger partial charge on any atom is -0.462 e. The van der Waals surface area contributed by atoms with E-state index in [0.717, 1.165) is 17.0 Å². The summed E-state index contributed by atoms with van der Waals surface area (Å²) >= 11 is 1.42. The van der Waals surface area contributed by atoms with Gasteiger partial charge in [0.05, 0.1) is 6.10 Å². The summed E-state index contributed by atoms with van der Waals surface area (Å²) < 4.78 is 6.74. The minimum absolute atomic E-state index is 0.170. The lowest BCUT2D eigenvalue weighted by atomic mass is 10.1. The first-order valence-corrected chi connectivity index (χ1v) is 10.2. The van der Waals surface area contributed by atoms with Crippen molar-refractivity contribution < 1.29 is 14.3 Å². The number of esters is 1. The average Bonchev–Trinajstić information content (AvgIpc) is 3.07. The Labute approximate surface area is 173 Å². The van der Waals surface area contributed by atoms with E-state index in [9.17, 15) is 9.59 Å². The molecule has 0 bridgehead atoms. The van der Waals surface area contributed by atoms with E-state index in [2.05, 4.69) is 20.4 Å². The fraction of sp³-hybridized carbons (Fsp3) is 0.350. The number of amides is 1. The lowest BCUT2D eigenvalue weighted by molar-refractivity contribution is -0.146. The van der Waals surface area contributed by atoms with Crippen LogP contribution in [0.15, 0.2) is 35.5 Å². The molecule has 0 unspecified atom stereocenters. The number of hydrogen-bond donors (Lipinski definition) is 1. The number of nitrogens with zero attached hydrogens (tertiary/aromatic N) is 4. The summed E-state index contributed by atoms with van der Waals surface area (Å²) in [5.74, 6) is 0.277. The molecule has 0 radical (unpaired) electrons. The number of ether oxygens (including phenoxy) is 1. The summed E-state index contributed by atoms with van der Waals surface area (Å²) in [7, 11) is 0. The highest BCUT2D eigenvalue weighted by atomic mass is 32.2. The van der Waals surface area contributed by atoms with Crippen molar-refractivity contribution in [3.8, 4) is 0 Å². The molecule has 1 N–H and O–H groups in total. The highest BCUT2D eigenvalue weighted by molar-refractivity contribution is 7.98. The van der Waals surface area contributed by atoms with Crippen molar-refractivity contribution in [3.05, 3.63) is 52.8 Å². The van der Waals surface area contributed by atoms with Crippen LogP contribution in [-0.2, 0) is 15.3 Å². The number of aromatic nitrogens is 4. The molecule has 0 spiro atoms. The second-order valence-corrected chi connectivity index (χ2v) is 7.75. The second-order valence-electron chi connectivity index (χ2n) is 6.81. The van der Waals surface area contributed by atoms with E-state index in [1.807, 2.05) is 32.0 Å². The van der Waals surface area contributed by atoms with Gasteiger partial charge in [-0.3, -0.25) is 9.59 Å². The van der Waals surface area contributed by atoms with Gasteiger partial charge < -0.3 is 10.1 Å². The highest BCUT2D eigenvalue weighted by Gasteiger charge is 2.15. The van der Waals surface area contributed by atoms with Crippen LogP contribution in [0, 0.1) is 13.8 Å². The van der Waals surface area contributed by atoms with Crippen LogP contribution in [0.25, 0.3) is 5.78 Å². The number of benzene rings is 1. The molecule has 152 valence electrons. The molecule has 29 heavy (non-hydrogen) atoms. The Hall–Kier alpha value is -2.94. The molecule has 3 aromatic rings. The first-order valence-electron chi connectivity index (χ1n) is 9.23. The Morgan fingerprint density at radius 3 is 2.72 bits per heavy atom. The van der Waals surface area contributed by atoms with Crippen LogP contribution in [0.5, 0.6) is 0 Å². The first kappa shape index (κ1) is 20.8. The summed E-state index contributed by atoms with van der Waals surface area (Å²) in [5, 5.41) is 7.67. The summed E-state index contributed by atoms with van der Waals surface area (Å²) in [6, 6.07) is 9.20. The van der Waals surface area contributed by atoms with Gasteiger partial charge in [-0.25, -0.2) is 9.50 Å². The third kappa shape index (κ3) is 5.32. The zero-order chi connectivity index (χ0) is 21.0. The van der Waals surface area contributed by atoms with Crippen molar-refractivity contribution >= 4 is 29.4 Å². The van der Waals surface area contributed by atoms with Crippen molar-refractivity contribution in [2.75, 3.05) is 6.54 Å². The largest absolute Gasteiger partial charge is 0.462 e. The fourth-order valence-corrected chi connectivity index (χ4v) is 3.59. The molecule has 0 saturated heterocycles. The average molecular weight is 414 g/mol. The van der Waals surface area contributed by atoms with Gasteiger partial charge in [0, 0.05) is 22.7 Å². The molecule has 3 rings (SSSR count). The van der Waals surface area contributed by atoms with Gasteiger partial charge in [-0.1, -0.05) is 30.0 Å². The molecule has 0 fully saturated rings. The lowest BCUT2D eigenvalue weighted by Gasteiger charge is -2.11. The van der Waals surface area contributed by atoms with Gasteiger partial charge in [0.2, 0.25) is 5.16 Å². The third-order valence-electron chi connectivity index (χ3n) is 3.98. The fourth-order valence-electron chi connectivity index (χ4n) is 2.77. The molecule has 0 aliphatic rings. The lowest BCUT2D eigenvalue weighted by Crippen LogP contribution is -2.32. The van der Waals surface area contributed by atoms with Crippen molar-refractivity contribution in [1.82, 2.24) is 24.9 Å². The number of carbonyl (C=O) groups excluding carboxylic acids is 2. The zero-order valence-corrected chi connectivity index (χ0v) is 17.6. The van der Waals surface area contributed by atoms with Gasteiger partial charge in [-0.05, 0) is 45.4 Å². The monoisotopic (exact) mass is 413 g/mol. The van der Waals surface area contributed by atoms with E-state index in [-0.39, 0.29) is 18.6 Å². The molecule has 0 aliphatic heterocycles. The molecule has 0 saturated carbocycles. The minimum atomic E-state index is -0.465. The van der Waals surface area contributed by atoms with E-state index >= 15 is 0 Å². The predicted octanol–water partition coefficient (Wildman–Crippen LogP) is 2.71. The Kier molecular flexibility index (Phi) is 6.48. The van der Waals surface area contributed by atoms with Crippen molar-refractivity contribution in [2.24, 2.45) is 0 Å². The molecule has 0 aliphatic carbocycles. The molecule has 1 amide bonds. The number of hydrogen-bond acceptors (Lipinski definition) is 7. The van der Waals surface area contributed by atoms with Crippen LogP contribution < -0.4 is 5.32 Å². The van der Waals surface area contributed by atoms with E-state index in [1.165, 1.54) is 11.8 Å². The maximum absolute atomic E-state index is 12.5. The molecular weight excluding hydrogens is 390 g/mol. The summed E-state index contributed by atoms with van der Waals surface area (Å²) in [6.07, 6.45) is -0.220. The van der Waals surface area contributed by atoms with Gasteiger partial charge in [0.15, 0.2) is 0 Å². The van der Waals surface area contributed by atoms with Crippen molar-refractivity contribution in [2.45, 2.75) is 44.7 Å². The number of aryl methyl sites for hydroxylation is 2. The quantitative estimate of drug-likeness (QED) is 0.470. The molecule has 8 nitrogen and oxygen atoms in total. The molecule has 0 atom stereocenters. The SMILES string of the molecule is Cc1cc(C)n2nc(SCc3ccccc3C(=O)NCC(=O)OC(C)C)nc2n1. The topological polar surface area (TPSA) is 98.5 Å². The second kappa shape index (κ2) is 9.04. The van der Waals surface area contributed by atoms with Crippen LogP contribution in [-0.4, -0.2) is 44.1 Å². The van der Waals surface area contributed by atoms with Crippen LogP contribution in [0.1, 0.15) is 41.2 Å². The van der Waals surface area contributed by atoms with Gasteiger partial charge in [0.1, 0.15) is 6.54 Å². The Balaban J connectivity index is 1.68. The number of fused-ring (bicyclic) bond motifs is 1. The van der Waals surface area contributed by atoms with E-state index in [4.69, 9.17) is 4.74 Å². The maximum Gasteiger partial charge on any atom is 0.325 e. The summed E-state index contributed by atoms with van der Waals surface area (Å²) in [6.45, 7) is 7.22. The standard InChI is InChI=1S/C20H23N5O3S/c1-12(2)28-17(26)10-21-18(27)16-8-6-5-7-15(16)11-29-20-23-19-22-13(3)9-14(4)25(19)24-20/h5-9,12H,10-11H2,1-4H3,(H,21,27). The number of thioether (sulfide) groups is 1. The zero-order valence-electron chi connectivity index (χ0n) is 16.8. The molecular formula is C20H23N5O3S. The van der Waals surface area contributed by atoms with E-state index in [0.29, 0.717) is 22.3 Å². The van der Waals surface area contributed by atoms with Crippen LogP contribution in [0.3, 0.4) is 0 Å². The van der Waals surface area contributed by atoms with Gasteiger partial charge in [-0.15, -0.1) is 5.10 Å². The van der Waals surface area contributed by atoms with Gasteiger partial charge in [-0.2, -0.15) is 4.98 Å². The highest BCUT2D eigenvalue weighted by Crippen LogP contribution is 2.22. The predicted molar refractivity (Wildman–Crippen MR) is 110 cm³/mol. The summed E-state index contributed by atoms with van der Waals surface area (Å²) in [5.41, 5.74) is 3.18. The maximum atomic E-state index is 12.5. The normalized spacial score (nSPS) is 11.1.